The van der Waals surface area contributed by atoms with E-state index in [-0.39, 0.29) is 36.7 Å². The molecule has 386 valence electrons. The fourth-order valence-corrected chi connectivity index (χ4v) is 9.09. The highest BCUT2D eigenvalue weighted by Gasteiger charge is 2.29. The quantitative estimate of drug-likeness (QED) is 0.0447. The van der Waals surface area contributed by atoms with Gasteiger partial charge in [-0.1, -0.05) is 182 Å². The molecule has 2 atom stereocenters. The van der Waals surface area contributed by atoms with Crippen LogP contribution in [0.4, 0.5) is 13.2 Å². The van der Waals surface area contributed by atoms with Gasteiger partial charge in [0.05, 0.1) is 13.2 Å². The van der Waals surface area contributed by atoms with Crippen molar-refractivity contribution in [3.05, 3.63) is 0 Å². The van der Waals surface area contributed by atoms with E-state index in [1.54, 1.807) is 0 Å². The SMILES string of the molecule is CCCCCCCCC(CCCCCC)COC(=O)CCCCCC(CCCCCC(=O)OCC(CCCCCC)CCCCCCCC)N(CCCN(C)C)C(=O)CCCC(F)(F)F. The topological polar surface area (TPSA) is 76.2 Å². The maximum Gasteiger partial charge on any atom is 0.389 e. The van der Waals surface area contributed by atoms with E-state index in [0.717, 1.165) is 77.2 Å². The van der Waals surface area contributed by atoms with Crippen LogP contribution in [0, 0.1) is 11.8 Å². The zero-order valence-corrected chi connectivity index (χ0v) is 43.5. The van der Waals surface area contributed by atoms with Gasteiger partial charge in [0.25, 0.3) is 0 Å². The minimum Gasteiger partial charge on any atom is -0.465 e. The average Bonchev–Trinajstić information content (AvgIpc) is 3.26. The Labute approximate surface area is 399 Å². The third-order valence-corrected chi connectivity index (χ3v) is 13.3. The molecule has 0 heterocycles. The Morgan fingerprint density at radius 2 is 0.785 bits per heavy atom. The number of carbonyl (C=O) groups excluding carboxylic acids is 3. The van der Waals surface area contributed by atoms with Gasteiger partial charge in [-0.15, -0.1) is 0 Å². The first kappa shape index (κ1) is 63.2. The summed E-state index contributed by atoms with van der Waals surface area (Å²) in [6, 6.07) is -0.0969. The van der Waals surface area contributed by atoms with Crippen molar-refractivity contribution < 1.29 is 37.0 Å². The molecule has 0 fully saturated rings. The Bertz CT molecular complexity index is 1030. The van der Waals surface area contributed by atoms with Crippen LogP contribution in [0.1, 0.15) is 272 Å². The Hall–Kier alpha value is -1.84. The van der Waals surface area contributed by atoms with E-state index in [2.05, 4.69) is 32.6 Å². The highest BCUT2D eigenvalue weighted by Crippen LogP contribution is 2.26. The van der Waals surface area contributed by atoms with E-state index in [0.29, 0.717) is 57.3 Å². The van der Waals surface area contributed by atoms with Gasteiger partial charge in [-0.3, -0.25) is 14.4 Å². The molecule has 0 aromatic carbocycles. The van der Waals surface area contributed by atoms with Crippen LogP contribution < -0.4 is 0 Å². The summed E-state index contributed by atoms with van der Waals surface area (Å²) >= 11 is 0. The summed E-state index contributed by atoms with van der Waals surface area (Å²) in [5, 5.41) is 0. The van der Waals surface area contributed by atoms with Gasteiger partial charge in [-0.25, -0.2) is 0 Å². The largest absolute Gasteiger partial charge is 0.465 e. The van der Waals surface area contributed by atoms with Crippen molar-refractivity contribution in [2.45, 2.75) is 284 Å². The predicted octanol–water partition coefficient (Wildman–Crippen LogP) is 16.5. The van der Waals surface area contributed by atoms with Crippen LogP contribution in [0.25, 0.3) is 0 Å². The van der Waals surface area contributed by atoms with Crippen molar-refractivity contribution in [3.63, 3.8) is 0 Å². The number of nitrogens with zero attached hydrogens (tertiary/aromatic N) is 2. The normalized spacial score (nSPS) is 13.3. The standard InChI is InChI=1S/C55H105F3N2O5/c1-7-11-15-19-21-27-37-49(35-25-17-13-9-3)47-64-53(62)42-31-23-29-39-51(60(46-34-45-59(5)6)52(61)41-33-44-55(56,57)58)40-30-24-32-43-54(63)65-48-50(36-26-18-14-10-4)38-28-22-20-16-12-8-2/h49-51H,7-48H2,1-6H3. The maximum absolute atomic E-state index is 13.6. The molecule has 0 spiro atoms. The minimum atomic E-state index is -4.29. The van der Waals surface area contributed by atoms with E-state index in [4.69, 9.17) is 9.47 Å². The van der Waals surface area contributed by atoms with Gasteiger partial charge < -0.3 is 19.3 Å². The first-order valence-corrected chi connectivity index (χ1v) is 27.7. The zero-order chi connectivity index (χ0) is 48.2. The molecule has 0 rings (SSSR count). The monoisotopic (exact) mass is 931 g/mol. The lowest BCUT2D eigenvalue weighted by Gasteiger charge is -2.33. The second kappa shape index (κ2) is 44.7. The molecular weight excluding hydrogens is 826 g/mol. The van der Waals surface area contributed by atoms with Crippen LogP contribution >= 0.6 is 0 Å². The number of esters is 2. The molecule has 0 saturated heterocycles. The van der Waals surface area contributed by atoms with Crippen molar-refractivity contribution in [1.29, 1.82) is 0 Å². The second-order valence-corrected chi connectivity index (χ2v) is 20.0. The summed E-state index contributed by atoms with van der Waals surface area (Å²) in [6.45, 7) is 11.2. The maximum atomic E-state index is 13.6. The smallest absolute Gasteiger partial charge is 0.389 e. The summed E-state index contributed by atoms with van der Waals surface area (Å²) < 4.78 is 50.9. The number of halogens is 3. The Balaban J connectivity index is 5.33. The second-order valence-electron chi connectivity index (χ2n) is 20.0. The molecule has 0 N–H and O–H groups in total. The van der Waals surface area contributed by atoms with Crippen LogP contribution in [-0.4, -0.2) is 80.3 Å². The summed E-state index contributed by atoms with van der Waals surface area (Å²) in [6.07, 6.45) is 31.5. The fraction of sp³-hybridized carbons (Fsp3) is 0.945. The van der Waals surface area contributed by atoms with Crippen molar-refractivity contribution >= 4 is 17.8 Å². The molecule has 1 amide bonds. The number of ether oxygens (including phenoxy) is 2. The Morgan fingerprint density at radius 1 is 0.431 bits per heavy atom. The van der Waals surface area contributed by atoms with Gasteiger partial charge >= 0.3 is 18.1 Å². The van der Waals surface area contributed by atoms with Crippen molar-refractivity contribution in [1.82, 2.24) is 9.80 Å². The molecular formula is C55H105F3N2O5. The van der Waals surface area contributed by atoms with E-state index in [1.165, 1.54) is 128 Å². The van der Waals surface area contributed by atoms with Crippen molar-refractivity contribution in [3.8, 4) is 0 Å². The van der Waals surface area contributed by atoms with E-state index in [1.807, 2.05) is 19.0 Å². The minimum absolute atomic E-state index is 0.0969. The third-order valence-electron chi connectivity index (χ3n) is 13.3. The Morgan fingerprint density at radius 3 is 1.17 bits per heavy atom. The van der Waals surface area contributed by atoms with Crippen LogP contribution in [0.3, 0.4) is 0 Å². The predicted molar refractivity (Wildman–Crippen MR) is 267 cm³/mol. The van der Waals surface area contributed by atoms with Gasteiger partial charge in [0, 0.05) is 38.3 Å². The third kappa shape index (κ3) is 42.0. The number of carbonyl (C=O) groups is 3. The van der Waals surface area contributed by atoms with E-state index in [9.17, 15) is 27.6 Å². The van der Waals surface area contributed by atoms with E-state index < -0.39 is 12.6 Å². The molecule has 0 aliphatic rings. The molecule has 0 bridgehead atoms. The van der Waals surface area contributed by atoms with Crippen LogP contribution in [0.2, 0.25) is 0 Å². The summed E-state index contributed by atoms with van der Waals surface area (Å²) in [4.78, 5) is 43.3. The summed E-state index contributed by atoms with van der Waals surface area (Å²) in [5.74, 6) is 0.384. The zero-order valence-electron chi connectivity index (χ0n) is 43.5. The molecule has 0 aromatic rings. The van der Waals surface area contributed by atoms with Crippen molar-refractivity contribution in [2.75, 3.05) is 40.4 Å². The van der Waals surface area contributed by atoms with Crippen LogP contribution in [-0.2, 0) is 23.9 Å². The number of rotatable bonds is 48. The summed E-state index contributed by atoms with van der Waals surface area (Å²) in [5.41, 5.74) is 0. The first-order valence-electron chi connectivity index (χ1n) is 27.7. The lowest BCUT2D eigenvalue weighted by molar-refractivity contribution is -0.146. The first-order chi connectivity index (χ1) is 31.4. The van der Waals surface area contributed by atoms with Gasteiger partial charge in [-0.2, -0.15) is 13.2 Å². The number of amides is 1. The molecule has 65 heavy (non-hydrogen) atoms. The Kier molecular flexibility index (Phi) is 43.4. The number of hydrogen-bond donors (Lipinski definition) is 0. The van der Waals surface area contributed by atoms with Gasteiger partial charge in [0.15, 0.2) is 0 Å². The average molecular weight is 931 g/mol. The van der Waals surface area contributed by atoms with Gasteiger partial charge in [0.2, 0.25) is 5.91 Å². The molecule has 7 nitrogen and oxygen atoms in total. The molecule has 10 heteroatoms. The molecule has 0 aromatic heterocycles. The molecule has 0 radical (unpaired) electrons. The highest BCUT2D eigenvalue weighted by molar-refractivity contribution is 5.76. The highest BCUT2D eigenvalue weighted by atomic mass is 19.4. The number of hydrogen-bond acceptors (Lipinski definition) is 6. The van der Waals surface area contributed by atoms with Gasteiger partial charge in [-0.05, 0) is 96.7 Å². The molecule has 2 unspecified atom stereocenters. The fourth-order valence-electron chi connectivity index (χ4n) is 9.09. The number of unbranched alkanes of at least 4 members (excludes halogenated alkanes) is 20. The summed E-state index contributed by atoms with van der Waals surface area (Å²) in [7, 11) is 3.96. The lowest BCUT2D eigenvalue weighted by Crippen LogP contribution is -2.42. The van der Waals surface area contributed by atoms with E-state index >= 15 is 0 Å². The van der Waals surface area contributed by atoms with Crippen LogP contribution in [0.5, 0.6) is 0 Å². The van der Waals surface area contributed by atoms with Crippen molar-refractivity contribution in [2.24, 2.45) is 11.8 Å². The van der Waals surface area contributed by atoms with Crippen LogP contribution in [0.15, 0.2) is 0 Å². The molecule has 0 aliphatic heterocycles. The lowest BCUT2D eigenvalue weighted by atomic mass is 9.95. The number of alkyl halides is 3. The molecule has 0 saturated carbocycles. The van der Waals surface area contributed by atoms with Gasteiger partial charge in [0.1, 0.15) is 0 Å². The molecule has 0 aliphatic carbocycles.